The number of aryl methyl sites for hydroxylation is 1. The second-order valence-corrected chi connectivity index (χ2v) is 11.3. The van der Waals surface area contributed by atoms with Crippen molar-refractivity contribution in [1.82, 2.24) is 34.9 Å². The first-order valence-electron chi connectivity index (χ1n) is 15.5. The minimum Gasteiger partial charge on any atom is -0.506 e. The topological polar surface area (TPSA) is 122 Å². The minimum absolute atomic E-state index is 0.00155. The maximum atomic E-state index is 13.3. The van der Waals surface area contributed by atoms with Crippen molar-refractivity contribution in [2.45, 2.75) is 46.5 Å². The van der Waals surface area contributed by atoms with Crippen LogP contribution < -0.4 is 0 Å². The minimum atomic E-state index is -0.0426. The third-order valence-electron chi connectivity index (χ3n) is 7.75. The van der Waals surface area contributed by atoms with Crippen LogP contribution >= 0.6 is 0 Å². The van der Waals surface area contributed by atoms with E-state index in [4.69, 9.17) is 0 Å². The number of hydrogen-bond donors (Lipinski definition) is 2. The Hall–Kier alpha value is -5.69. The van der Waals surface area contributed by atoms with Crippen molar-refractivity contribution in [1.29, 1.82) is 0 Å². The number of amides is 1. The zero-order valence-corrected chi connectivity index (χ0v) is 26.1. The van der Waals surface area contributed by atoms with Crippen LogP contribution in [0, 0.1) is 18.8 Å². The summed E-state index contributed by atoms with van der Waals surface area (Å²) in [6.07, 6.45) is 3.97. The fraction of sp³-hybridized carbons (Fsp3) is 0.250. The van der Waals surface area contributed by atoms with Gasteiger partial charge in [0.2, 0.25) is 0 Å². The van der Waals surface area contributed by atoms with Gasteiger partial charge >= 0.3 is 0 Å². The fourth-order valence-corrected chi connectivity index (χ4v) is 5.17. The molecule has 0 saturated carbocycles. The van der Waals surface area contributed by atoms with Crippen molar-refractivity contribution in [3.63, 3.8) is 0 Å². The third kappa shape index (κ3) is 6.40. The van der Waals surface area contributed by atoms with Crippen LogP contribution in [-0.4, -0.2) is 64.1 Å². The number of fused-ring (bicyclic) bond motifs is 2. The number of rotatable bonds is 9. The van der Waals surface area contributed by atoms with Crippen molar-refractivity contribution >= 4 is 28.0 Å². The smallest absolute Gasteiger partial charge is 0.253 e. The van der Waals surface area contributed by atoms with Crippen molar-refractivity contribution < 1.29 is 15.0 Å². The van der Waals surface area contributed by atoms with Crippen molar-refractivity contribution in [3.8, 4) is 34.7 Å². The number of carbonyl (C=O) groups is 1. The highest BCUT2D eigenvalue weighted by atomic mass is 16.3. The van der Waals surface area contributed by atoms with Gasteiger partial charge in [-0.1, -0.05) is 44.6 Å². The van der Waals surface area contributed by atoms with Gasteiger partial charge < -0.3 is 15.1 Å². The van der Waals surface area contributed by atoms with Gasteiger partial charge in [-0.3, -0.25) is 4.79 Å². The van der Waals surface area contributed by atoms with Gasteiger partial charge in [-0.25, -0.2) is 0 Å². The highest BCUT2D eigenvalue weighted by Crippen LogP contribution is 2.25. The van der Waals surface area contributed by atoms with E-state index in [0.717, 1.165) is 55.4 Å². The van der Waals surface area contributed by atoms with E-state index < -0.39 is 0 Å². The highest BCUT2D eigenvalue weighted by molar-refractivity contribution is 5.97. The first-order valence-corrected chi connectivity index (χ1v) is 15.5. The first-order chi connectivity index (χ1) is 22.3. The largest absolute Gasteiger partial charge is 0.506 e. The van der Waals surface area contributed by atoms with Gasteiger partial charge in [-0.15, -0.1) is 30.0 Å². The molecule has 46 heavy (non-hydrogen) atoms. The summed E-state index contributed by atoms with van der Waals surface area (Å²) in [5, 5.41) is 39.5. The van der Waals surface area contributed by atoms with Crippen LogP contribution in [-0.2, 0) is 0 Å². The van der Waals surface area contributed by atoms with Gasteiger partial charge in [-0.2, -0.15) is 0 Å². The van der Waals surface area contributed by atoms with E-state index in [1.807, 2.05) is 30.0 Å². The molecule has 2 heterocycles. The van der Waals surface area contributed by atoms with Crippen molar-refractivity contribution in [2.24, 2.45) is 0 Å². The van der Waals surface area contributed by atoms with Gasteiger partial charge in [0.25, 0.3) is 5.91 Å². The van der Waals surface area contributed by atoms with Crippen molar-refractivity contribution in [3.05, 3.63) is 95.1 Å². The molecular weight excluding hydrogens is 578 g/mol. The summed E-state index contributed by atoms with van der Waals surface area (Å²) in [6.45, 7) is 7.69. The van der Waals surface area contributed by atoms with Crippen LogP contribution in [0.3, 0.4) is 0 Å². The Labute approximate surface area is 266 Å². The Bertz CT molecular complexity index is 2110. The summed E-state index contributed by atoms with van der Waals surface area (Å²) in [5.74, 6) is 6.01. The summed E-state index contributed by atoms with van der Waals surface area (Å²) in [7, 11) is 0. The van der Waals surface area contributed by atoms with Gasteiger partial charge in [0, 0.05) is 29.8 Å². The summed E-state index contributed by atoms with van der Waals surface area (Å²) >= 11 is 0. The Kier molecular flexibility index (Phi) is 8.65. The van der Waals surface area contributed by atoms with E-state index in [-0.39, 0.29) is 17.4 Å². The maximum Gasteiger partial charge on any atom is 0.253 e. The number of nitrogens with zero attached hydrogens (tertiary/aromatic N) is 7. The van der Waals surface area contributed by atoms with E-state index in [1.165, 1.54) is 9.59 Å². The zero-order valence-electron chi connectivity index (χ0n) is 26.1. The van der Waals surface area contributed by atoms with Crippen LogP contribution in [0.25, 0.3) is 33.4 Å². The summed E-state index contributed by atoms with van der Waals surface area (Å²) in [5.41, 5.74) is 6.32. The van der Waals surface area contributed by atoms with E-state index in [0.29, 0.717) is 39.1 Å². The predicted molar refractivity (Wildman–Crippen MR) is 177 cm³/mol. The van der Waals surface area contributed by atoms with Gasteiger partial charge in [-0.05, 0) is 92.1 Å². The molecular formula is C36H35N7O3. The number of phenolic OH excluding ortho intramolecular Hbond substituents is 2. The SMILES string of the molecule is CCCCN(CCCC)C(=O)c1ccc2nn(-c3ccc(C#Cc4ccc(-n5nc6ccc(C)cc6n5)c(O)c4)cc3O)nc2c1. The average Bonchev–Trinajstić information content (AvgIpc) is 3.67. The standard InChI is InChI=1S/C36H35N7O3/c1-4-6-18-41(19-7-5-2)36(46)27-13-15-29-31(23-27)40-43(38-29)33-17-12-26(22-35(33)45)10-9-25-11-16-32(34(44)21-25)42-37-28-14-8-24(3)20-30(28)39-42/h8,11-17,20-23,44-45H,4-7,18-19H2,1-3H3. The van der Waals surface area contributed by atoms with E-state index >= 15 is 0 Å². The molecule has 10 heteroatoms. The van der Waals surface area contributed by atoms with E-state index in [9.17, 15) is 15.0 Å². The second-order valence-electron chi connectivity index (χ2n) is 11.3. The summed E-state index contributed by atoms with van der Waals surface area (Å²) in [6, 6.07) is 21.2. The molecule has 6 aromatic rings. The molecule has 4 aromatic carbocycles. The predicted octanol–water partition coefficient (Wildman–Crippen LogP) is 6.32. The number of hydrogen-bond acceptors (Lipinski definition) is 7. The Morgan fingerprint density at radius 2 is 1.17 bits per heavy atom. The number of carbonyl (C=O) groups excluding carboxylic acids is 1. The maximum absolute atomic E-state index is 13.3. The fourth-order valence-electron chi connectivity index (χ4n) is 5.17. The molecule has 6 rings (SSSR count). The van der Waals surface area contributed by atoms with Gasteiger partial charge in [0.05, 0.1) is 0 Å². The number of phenols is 2. The molecule has 0 spiro atoms. The normalized spacial score (nSPS) is 11.1. The summed E-state index contributed by atoms with van der Waals surface area (Å²) in [4.78, 5) is 18.0. The van der Waals surface area contributed by atoms with E-state index in [2.05, 4.69) is 46.1 Å². The summed E-state index contributed by atoms with van der Waals surface area (Å²) < 4.78 is 0. The molecule has 1 amide bonds. The molecule has 0 aliphatic rings. The highest BCUT2D eigenvalue weighted by Gasteiger charge is 2.17. The lowest BCUT2D eigenvalue weighted by Crippen LogP contribution is -2.32. The van der Waals surface area contributed by atoms with Crippen LogP contribution in [0.5, 0.6) is 11.5 Å². The molecule has 0 aliphatic heterocycles. The van der Waals surface area contributed by atoms with Crippen LogP contribution in [0.2, 0.25) is 0 Å². The molecule has 0 atom stereocenters. The lowest BCUT2D eigenvalue weighted by molar-refractivity contribution is 0.0751. The Balaban J connectivity index is 1.19. The van der Waals surface area contributed by atoms with Gasteiger partial charge in [0.1, 0.15) is 44.9 Å². The van der Waals surface area contributed by atoms with Crippen molar-refractivity contribution in [2.75, 3.05) is 13.1 Å². The number of aromatic hydroxyl groups is 2. The van der Waals surface area contributed by atoms with Crippen LogP contribution in [0.15, 0.2) is 72.8 Å². The number of benzene rings is 4. The number of unbranched alkanes of at least 4 members (excludes halogenated alkanes) is 2. The molecule has 0 saturated heterocycles. The average molecular weight is 614 g/mol. The van der Waals surface area contributed by atoms with E-state index in [1.54, 1.807) is 54.6 Å². The molecule has 0 bridgehead atoms. The molecule has 232 valence electrons. The monoisotopic (exact) mass is 613 g/mol. The quantitative estimate of drug-likeness (QED) is 0.183. The Morgan fingerprint density at radius 3 is 1.70 bits per heavy atom. The number of aromatic nitrogens is 6. The first kappa shape index (κ1) is 30.3. The zero-order chi connectivity index (χ0) is 32.2. The lowest BCUT2D eigenvalue weighted by Gasteiger charge is -2.22. The van der Waals surface area contributed by atoms with Crippen LogP contribution in [0.4, 0.5) is 0 Å². The Morgan fingerprint density at radius 1 is 0.674 bits per heavy atom. The molecule has 2 N–H and O–H groups in total. The molecule has 0 unspecified atom stereocenters. The molecule has 10 nitrogen and oxygen atoms in total. The third-order valence-corrected chi connectivity index (χ3v) is 7.75. The molecule has 0 radical (unpaired) electrons. The molecule has 2 aromatic heterocycles. The molecule has 0 fully saturated rings. The van der Waals surface area contributed by atoms with Crippen LogP contribution in [0.1, 0.15) is 66.6 Å². The van der Waals surface area contributed by atoms with Gasteiger partial charge in [0.15, 0.2) is 0 Å². The molecule has 0 aliphatic carbocycles. The lowest BCUT2D eigenvalue weighted by atomic mass is 10.1. The second kappa shape index (κ2) is 13.1.